The number of nitrogens with zero attached hydrogens (tertiary/aromatic N) is 3. The van der Waals surface area contributed by atoms with Crippen molar-refractivity contribution < 1.29 is 9.59 Å². The average Bonchev–Trinajstić information content (AvgIpc) is 2.75. The lowest BCUT2D eigenvalue weighted by molar-refractivity contribution is -0.137. The Balaban J connectivity index is 1.59. The highest BCUT2D eigenvalue weighted by Crippen LogP contribution is 2.22. The molecule has 3 heterocycles. The summed E-state index contributed by atoms with van der Waals surface area (Å²) in [7, 11) is 0. The molecule has 0 bridgehead atoms. The molecule has 2 amide bonds. The van der Waals surface area contributed by atoms with Crippen molar-refractivity contribution in [3.63, 3.8) is 0 Å². The second kappa shape index (κ2) is 10.6. The zero-order chi connectivity index (χ0) is 19.8. The Labute approximate surface area is 168 Å². The Morgan fingerprint density at radius 2 is 1.86 bits per heavy atom. The van der Waals surface area contributed by atoms with Crippen LogP contribution in [0.4, 0.5) is 0 Å². The fourth-order valence-corrected chi connectivity index (χ4v) is 4.19. The Kier molecular flexibility index (Phi) is 7.83. The summed E-state index contributed by atoms with van der Waals surface area (Å²) in [4.78, 5) is 33.7. The fraction of sp³-hybridized carbons (Fsp3) is 0.682. The van der Waals surface area contributed by atoms with E-state index in [9.17, 15) is 9.59 Å². The number of carbonyl (C=O) groups is 2. The molecule has 1 N–H and O–H groups in total. The number of pyridine rings is 1. The molecule has 6 nitrogen and oxygen atoms in total. The van der Waals surface area contributed by atoms with E-state index in [1.165, 1.54) is 5.56 Å². The van der Waals surface area contributed by atoms with Gasteiger partial charge in [0.1, 0.15) is 0 Å². The third-order valence-electron chi connectivity index (χ3n) is 6.10. The van der Waals surface area contributed by atoms with Crippen LogP contribution in [-0.2, 0) is 16.1 Å². The van der Waals surface area contributed by atoms with E-state index >= 15 is 0 Å². The fourth-order valence-electron chi connectivity index (χ4n) is 4.19. The lowest BCUT2D eigenvalue weighted by Crippen LogP contribution is -2.42. The third-order valence-corrected chi connectivity index (χ3v) is 6.10. The van der Waals surface area contributed by atoms with E-state index in [-0.39, 0.29) is 11.8 Å². The van der Waals surface area contributed by atoms with Gasteiger partial charge in [-0.2, -0.15) is 0 Å². The van der Waals surface area contributed by atoms with Gasteiger partial charge in [-0.15, -0.1) is 0 Å². The first-order valence-electron chi connectivity index (χ1n) is 10.8. The highest BCUT2D eigenvalue weighted by molar-refractivity contribution is 5.79. The lowest BCUT2D eigenvalue weighted by Gasteiger charge is -2.33. The minimum atomic E-state index is 0.0228. The minimum absolute atomic E-state index is 0.0228. The van der Waals surface area contributed by atoms with Crippen LogP contribution in [0.25, 0.3) is 0 Å². The van der Waals surface area contributed by atoms with E-state index in [0.29, 0.717) is 18.9 Å². The second-order valence-electron chi connectivity index (χ2n) is 8.37. The number of rotatable bonds is 3. The molecule has 2 aliphatic rings. The lowest BCUT2D eigenvalue weighted by atomic mass is 9.94. The first kappa shape index (κ1) is 20.8. The maximum atomic E-state index is 13.1. The molecule has 2 aliphatic heterocycles. The summed E-state index contributed by atoms with van der Waals surface area (Å²) in [5.74, 6) is 1.12. The molecule has 1 aromatic rings. The summed E-state index contributed by atoms with van der Waals surface area (Å²) in [6.45, 7) is 7.12. The van der Waals surface area contributed by atoms with Crippen molar-refractivity contribution in [2.24, 2.45) is 11.8 Å². The molecule has 1 aromatic heterocycles. The van der Waals surface area contributed by atoms with Crippen LogP contribution in [0.1, 0.15) is 51.0 Å². The van der Waals surface area contributed by atoms with Gasteiger partial charge in [0.15, 0.2) is 0 Å². The molecule has 3 rings (SSSR count). The van der Waals surface area contributed by atoms with Crippen LogP contribution in [-0.4, -0.2) is 59.3 Å². The minimum Gasteiger partial charge on any atom is -0.356 e. The largest absolute Gasteiger partial charge is 0.356 e. The van der Waals surface area contributed by atoms with Gasteiger partial charge in [0.05, 0.1) is 0 Å². The molecule has 0 saturated carbocycles. The number of hydrogen-bond donors (Lipinski definition) is 1. The second-order valence-corrected chi connectivity index (χ2v) is 8.37. The van der Waals surface area contributed by atoms with Crippen molar-refractivity contribution in [3.8, 4) is 0 Å². The molecule has 0 aromatic carbocycles. The summed E-state index contributed by atoms with van der Waals surface area (Å²) in [5, 5.41) is 3.01. The molecule has 1 atom stereocenters. The van der Waals surface area contributed by atoms with Crippen LogP contribution in [0.15, 0.2) is 24.5 Å². The number of aromatic nitrogens is 1. The average molecular weight is 387 g/mol. The number of carbonyl (C=O) groups excluding carboxylic acids is 2. The van der Waals surface area contributed by atoms with E-state index < -0.39 is 0 Å². The predicted octanol–water partition coefficient (Wildman–Crippen LogP) is 2.45. The van der Waals surface area contributed by atoms with Crippen LogP contribution in [0.5, 0.6) is 0 Å². The summed E-state index contributed by atoms with van der Waals surface area (Å²) in [5.41, 5.74) is 1.21. The quantitative estimate of drug-likeness (QED) is 0.867. The van der Waals surface area contributed by atoms with Gasteiger partial charge >= 0.3 is 0 Å². The smallest absolute Gasteiger partial charge is 0.225 e. The Morgan fingerprint density at radius 1 is 1.11 bits per heavy atom. The number of nitrogens with one attached hydrogen (secondary N) is 1. The van der Waals surface area contributed by atoms with Crippen LogP contribution >= 0.6 is 0 Å². The summed E-state index contributed by atoms with van der Waals surface area (Å²) in [6.07, 6.45) is 8.97. The molecule has 6 heteroatoms. The maximum absolute atomic E-state index is 13.1. The maximum Gasteiger partial charge on any atom is 0.225 e. The first-order valence-corrected chi connectivity index (χ1v) is 10.8. The van der Waals surface area contributed by atoms with Gasteiger partial charge in [0.25, 0.3) is 0 Å². The normalized spacial score (nSPS) is 23.7. The molecule has 0 spiro atoms. The summed E-state index contributed by atoms with van der Waals surface area (Å²) in [6, 6.07) is 4.05. The van der Waals surface area contributed by atoms with Gasteiger partial charge in [-0.1, -0.05) is 6.92 Å². The summed E-state index contributed by atoms with van der Waals surface area (Å²) >= 11 is 0. The standard InChI is InChI=1S/C22H34N4O2/c1-18-7-15-26(16-8-18)22(28)20-3-2-13-25(14-9-21(27)24-12-6-20)17-19-4-10-23-11-5-19/h4-5,10-11,18,20H,2-3,6-9,12-17H2,1H3,(H,24,27). The predicted molar refractivity (Wildman–Crippen MR) is 109 cm³/mol. The van der Waals surface area contributed by atoms with Crippen LogP contribution in [0, 0.1) is 11.8 Å². The molecular weight excluding hydrogens is 352 g/mol. The molecule has 28 heavy (non-hydrogen) atoms. The molecule has 2 fully saturated rings. The molecule has 154 valence electrons. The van der Waals surface area contributed by atoms with Crippen LogP contribution in [0.2, 0.25) is 0 Å². The monoisotopic (exact) mass is 386 g/mol. The Morgan fingerprint density at radius 3 is 2.61 bits per heavy atom. The van der Waals surface area contributed by atoms with Gasteiger partial charge < -0.3 is 10.2 Å². The van der Waals surface area contributed by atoms with Gasteiger partial charge in [-0.3, -0.25) is 19.5 Å². The Bertz CT molecular complexity index is 629. The van der Waals surface area contributed by atoms with Crippen molar-refractivity contribution in [2.45, 2.75) is 52.0 Å². The van der Waals surface area contributed by atoms with E-state index in [1.807, 2.05) is 24.5 Å². The molecule has 2 saturated heterocycles. The number of amides is 2. The molecule has 1 unspecified atom stereocenters. The van der Waals surface area contributed by atoms with Crippen molar-refractivity contribution in [1.82, 2.24) is 20.1 Å². The van der Waals surface area contributed by atoms with Crippen LogP contribution < -0.4 is 5.32 Å². The van der Waals surface area contributed by atoms with Gasteiger partial charge in [0, 0.05) is 57.5 Å². The van der Waals surface area contributed by atoms with Gasteiger partial charge in [-0.05, 0) is 62.3 Å². The number of hydrogen-bond acceptors (Lipinski definition) is 4. The molecule has 0 aliphatic carbocycles. The number of piperidine rings is 1. The van der Waals surface area contributed by atoms with Crippen molar-refractivity contribution in [1.29, 1.82) is 0 Å². The number of likely N-dealkylation sites (tertiary alicyclic amines) is 1. The van der Waals surface area contributed by atoms with Crippen molar-refractivity contribution >= 4 is 11.8 Å². The zero-order valence-corrected chi connectivity index (χ0v) is 17.1. The molecular formula is C22H34N4O2. The van der Waals surface area contributed by atoms with Crippen molar-refractivity contribution in [3.05, 3.63) is 30.1 Å². The van der Waals surface area contributed by atoms with Gasteiger partial charge in [0.2, 0.25) is 11.8 Å². The third kappa shape index (κ3) is 6.30. The van der Waals surface area contributed by atoms with E-state index in [0.717, 1.165) is 70.7 Å². The topological polar surface area (TPSA) is 65.5 Å². The zero-order valence-electron chi connectivity index (χ0n) is 17.1. The Hall–Kier alpha value is -1.95. The van der Waals surface area contributed by atoms with E-state index in [2.05, 4.69) is 27.0 Å². The molecule has 0 radical (unpaired) electrons. The van der Waals surface area contributed by atoms with Crippen molar-refractivity contribution in [2.75, 3.05) is 32.7 Å². The van der Waals surface area contributed by atoms with Crippen LogP contribution in [0.3, 0.4) is 0 Å². The van der Waals surface area contributed by atoms with E-state index in [4.69, 9.17) is 0 Å². The summed E-state index contributed by atoms with van der Waals surface area (Å²) < 4.78 is 0. The highest BCUT2D eigenvalue weighted by atomic mass is 16.2. The highest BCUT2D eigenvalue weighted by Gasteiger charge is 2.27. The first-order chi connectivity index (χ1) is 13.6. The SMILES string of the molecule is CC1CCN(C(=O)C2CCCN(Cc3ccncc3)CCC(=O)NCC2)CC1. The van der Waals surface area contributed by atoms with Gasteiger partial charge in [-0.25, -0.2) is 0 Å². The van der Waals surface area contributed by atoms with E-state index in [1.54, 1.807) is 0 Å².